The smallest absolute Gasteiger partial charge is 0.105 e. The van der Waals surface area contributed by atoms with Crippen molar-refractivity contribution < 1.29 is 10.2 Å². The lowest BCUT2D eigenvalue weighted by Crippen LogP contribution is -2.18. The first-order chi connectivity index (χ1) is 7.25. The van der Waals surface area contributed by atoms with Crippen LogP contribution in [0.25, 0.3) is 10.4 Å². The van der Waals surface area contributed by atoms with Crippen molar-refractivity contribution in [3.8, 4) is 0 Å². The van der Waals surface area contributed by atoms with Gasteiger partial charge in [0.2, 0.25) is 0 Å². The minimum absolute atomic E-state index is 0.182. The third kappa shape index (κ3) is 3.59. The summed E-state index contributed by atoms with van der Waals surface area (Å²) in [5.74, 6) is 0. The highest BCUT2D eigenvalue weighted by Crippen LogP contribution is 2.18. The van der Waals surface area contributed by atoms with Crippen molar-refractivity contribution in [1.29, 1.82) is 0 Å². The number of azide groups is 1. The van der Waals surface area contributed by atoms with Gasteiger partial charge in [0.15, 0.2) is 0 Å². The molecule has 0 bridgehead atoms. The fraction of sp³-hybridized carbons (Fsp3) is 0.400. The molecule has 0 saturated carbocycles. The molecule has 1 rings (SSSR count). The number of aliphatic hydroxyl groups is 2. The summed E-state index contributed by atoms with van der Waals surface area (Å²) in [6, 6.07) is 8.89. The molecule has 0 aliphatic heterocycles. The molecule has 0 saturated heterocycles. The van der Waals surface area contributed by atoms with Gasteiger partial charge < -0.3 is 10.2 Å². The highest BCUT2D eigenvalue weighted by atomic mass is 16.3. The standard InChI is InChI=1S/C10H13N3O2/c11-13-12-7-6-9(14)10(15)8-4-2-1-3-5-8/h1-5,9-10,14-15H,6-7H2. The van der Waals surface area contributed by atoms with Gasteiger partial charge >= 0.3 is 0 Å². The Balaban J connectivity index is 2.53. The number of rotatable bonds is 5. The summed E-state index contributed by atoms with van der Waals surface area (Å²) in [5, 5.41) is 22.6. The SMILES string of the molecule is [N-]=[N+]=NCCC(O)C(O)c1ccccc1. The third-order valence-electron chi connectivity index (χ3n) is 2.09. The van der Waals surface area contributed by atoms with Crippen LogP contribution in [0.5, 0.6) is 0 Å². The molecular weight excluding hydrogens is 194 g/mol. The van der Waals surface area contributed by atoms with Gasteiger partial charge in [0.1, 0.15) is 6.10 Å². The van der Waals surface area contributed by atoms with Gasteiger partial charge in [-0.2, -0.15) is 0 Å². The normalized spacial score (nSPS) is 14.0. The molecule has 5 heteroatoms. The maximum absolute atomic E-state index is 9.70. The monoisotopic (exact) mass is 207 g/mol. The molecule has 2 atom stereocenters. The van der Waals surface area contributed by atoms with E-state index in [0.29, 0.717) is 5.56 Å². The quantitative estimate of drug-likeness (QED) is 0.437. The largest absolute Gasteiger partial charge is 0.390 e. The molecule has 0 aromatic heterocycles. The molecule has 15 heavy (non-hydrogen) atoms. The van der Waals surface area contributed by atoms with Crippen LogP contribution in [-0.2, 0) is 0 Å². The molecule has 2 N–H and O–H groups in total. The fourth-order valence-electron chi connectivity index (χ4n) is 1.26. The molecule has 0 fully saturated rings. The van der Waals surface area contributed by atoms with Gasteiger partial charge in [-0.1, -0.05) is 35.4 Å². The van der Waals surface area contributed by atoms with Crippen LogP contribution in [0.4, 0.5) is 0 Å². The van der Waals surface area contributed by atoms with Gasteiger partial charge in [0.25, 0.3) is 0 Å². The molecule has 1 aromatic rings. The zero-order chi connectivity index (χ0) is 11.1. The van der Waals surface area contributed by atoms with Crippen molar-refractivity contribution >= 4 is 0 Å². The molecule has 5 nitrogen and oxygen atoms in total. The molecule has 80 valence electrons. The Bertz CT molecular complexity index is 336. The Morgan fingerprint density at radius 2 is 1.93 bits per heavy atom. The first-order valence-electron chi connectivity index (χ1n) is 4.67. The number of nitrogens with zero attached hydrogens (tertiary/aromatic N) is 3. The first kappa shape index (κ1) is 11.5. The van der Waals surface area contributed by atoms with E-state index in [1.54, 1.807) is 24.3 Å². The van der Waals surface area contributed by atoms with Crippen LogP contribution in [0.15, 0.2) is 35.4 Å². The van der Waals surface area contributed by atoms with Gasteiger partial charge in [-0.3, -0.25) is 0 Å². The zero-order valence-corrected chi connectivity index (χ0v) is 8.19. The Labute approximate surface area is 87.6 Å². The van der Waals surface area contributed by atoms with Crippen LogP contribution in [0.3, 0.4) is 0 Å². The van der Waals surface area contributed by atoms with Crippen molar-refractivity contribution in [2.45, 2.75) is 18.6 Å². The molecular formula is C10H13N3O2. The number of hydrogen-bond acceptors (Lipinski definition) is 3. The van der Waals surface area contributed by atoms with E-state index in [1.807, 2.05) is 6.07 Å². The van der Waals surface area contributed by atoms with E-state index >= 15 is 0 Å². The van der Waals surface area contributed by atoms with Crippen LogP contribution in [-0.4, -0.2) is 22.9 Å². The van der Waals surface area contributed by atoms with E-state index in [2.05, 4.69) is 10.0 Å². The summed E-state index contributed by atoms with van der Waals surface area (Å²) in [5.41, 5.74) is 8.71. The Kier molecular flexibility index (Phi) is 4.63. The highest BCUT2D eigenvalue weighted by Gasteiger charge is 2.16. The van der Waals surface area contributed by atoms with Gasteiger partial charge in [0.05, 0.1) is 6.10 Å². The van der Waals surface area contributed by atoms with Crippen molar-refractivity contribution in [3.05, 3.63) is 46.3 Å². The predicted octanol–water partition coefficient (Wildman–Crippen LogP) is 1.78. The zero-order valence-electron chi connectivity index (χ0n) is 8.19. The lowest BCUT2D eigenvalue weighted by molar-refractivity contribution is 0.0150. The third-order valence-corrected chi connectivity index (χ3v) is 2.09. The lowest BCUT2D eigenvalue weighted by Gasteiger charge is -2.16. The van der Waals surface area contributed by atoms with Crippen LogP contribution >= 0.6 is 0 Å². The second-order valence-electron chi connectivity index (χ2n) is 3.17. The number of hydrogen-bond donors (Lipinski definition) is 2. The Morgan fingerprint density at radius 3 is 2.53 bits per heavy atom. The second kappa shape index (κ2) is 6.03. The minimum Gasteiger partial charge on any atom is -0.390 e. The van der Waals surface area contributed by atoms with Crippen molar-refractivity contribution in [2.24, 2.45) is 5.11 Å². The molecule has 0 aliphatic carbocycles. The summed E-state index contributed by atoms with van der Waals surface area (Å²) < 4.78 is 0. The van der Waals surface area contributed by atoms with Crippen molar-refractivity contribution in [1.82, 2.24) is 0 Å². The summed E-state index contributed by atoms with van der Waals surface area (Å²) >= 11 is 0. The Morgan fingerprint density at radius 1 is 1.27 bits per heavy atom. The fourth-order valence-corrected chi connectivity index (χ4v) is 1.26. The first-order valence-corrected chi connectivity index (χ1v) is 4.67. The molecule has 1 aromatic carbocycles. The van der Waals surface area contributed by atoms with Crippen LogP contribution in [0.1, 0.15) is 18.1 Å². The van der Waals surface area contributed by atoms with E-state index in [0.717, 1.165) is 0 Å². The van der Waals surface area contributed by atoms with E-state index < -0.39 is 12.2 Å². The van der Waals surface area contributed by atoms with Gasteiger partial charge in [-0.15, -0.1) is 0 Å². The number of aliphatic hydroxyl groups excluding tert-OH is 2. The minimum atomic E-state index is -0.930. The van der Waals surface area contributed by atoms with Crippen LogP contribution in [0, 0.1) is 0 Å². The molecule has 0 aliphatic rings. The van der Waals surface area contributed by atoms with Crippen molar-refractivity contribution in [2.75, 3.05) is 6.54 Å². The van der Waals surface area contributed by atoms with E-state index in [4.69, 9.17) is 5.53 Å². The molecule has 0 spiro atoms. The highest BCUT2D eigenvalue weighted by molar-refractivity contribution is 5.18. The number of benzene rings is 1. The van der Waals surface area contributed by atoms with Gasteiger partial charge in [-0.25, -0.2) is 0 Å². The average molecular weight is 207 g/mol. The molecule has 2 unspecified atom stereocenters. The molecule has 0 heterocycles. The molecule has 0 radical (unpaired) electrons. The van der Waals surface area contributed by atoms with Gasteiger partial charge in [0, 0.05) is 11.5 Å². The lowest BCUT2D eigenvalue weighted by atomic mass is 10.0. The second-order valence-corrected chi connectivity index (χ2v) is 3.17. The van der Waals surface area contributed by atoms with E-state index in [-0.39, 0.29) is 13.0 Å². The van der Waals surface area contributed by atoms with Gasteiger partial charge in [-0.05, 0) is 17.5 Å². The Hall–Kier alpha value is -1.55. The average Bonchev–Trinajstić information content (AvgIpc) is 2.29. The maximum atomic E-state index is 9.70. The van der Waals surface area contributed by atoms with Crippen molar-refractivity contribution in [3.63, 3.8) is 0 Å². The maximum Gasteiger partial charge on any atom is 0.105 e. The van der Waals surface area contributed by atoms with E-state index in [9.17, 15) is 10.2 Å². The summed E-state index contributed by atoms with van der Waals surface area (Å²) in [4.78, 5) is 2.57. The topological polar surface area (TPSA) is 89.2 Å². The van der Waals surface area contributed by atoms with Crippen LogP contribution < -0.4 is 0 Å². The summed E-state index contributed by atoms with van der Waals surface area (Å²) in [7, 11) is 0. The summed E-state index contributed by atoms with van der Waals surface area (Å²) in [6.07, 6.45) is -1.59. The van der Waals surface area contributed by atoms with Crippen LogP contribution in [0.2, 0.25) is 0 Å². The van der Waals surface area contributed by atoms with E-state index in [1.165, 1.54) is 0 Å². The predicted molar refractivity (Wildman–Crippen MR) is 56.0 cm³/mol. The summed E-state index contributed by atoms with van der Waals surface area (Å²) in [6.45, 7) is 0.182. The molecule has 0 amide bonds.